The fourth-order valence-electron chi connectivity index (χ4n) is 3.63. The van der Waals surface area contributed by atoms with Crippen molar-refractivity contribution in [2.24, 2.45) is 0 Å². The largest absolute Gasteiger partial charge is 0.496 e. The molecule has 1 aromatic heterocycles. The fraction of sp³-hybridized carbons (Fsp3) is 0.304. The van der Waals surface area contributed by atoms with Crippen molar-refractivity contribution in [3.8, 4) is 17.1 Å². The zero-order valence-corrected chi connectivity index (χ0v) is 17.2. The number of ether oxygens (including phenoxy) is 2. The molecule has 0 bridgehead atoms. The minimum absolute atomic E-state index is 0.198. The molecule has 1 aliphatic rings. The van der Waals surface area contributed by atoms with Crippen LogP contribution >= 0.6 is 0 Å². The standard InChI is InChI=1S/C23H25N3O4/c1-25(16-17-7-3-5-9-20(17)26-11-13-29-14-12-26)23(27)19-15-22(30-24-19)18-8-4-6-10-21(18)28-2/h3-10,15H,11-14,16H2,1-2H3. The number of carbonyl (C=O) groups is 1. The van der Waals surface area contributed by atoms with Crippen molar-refractivity contribution in [3.05, 3.63) is 65.9 Å². The molecule has 7 nitrogen and oxygen atoms in total. The minimum Gasteiger partial charge on any atom is -0.496 e. The van der Waals surface area contributed by atoms with E-state index >= 15 is 0 Å². The number of nitrogens with zero attached hydrogens (tertiary/aromatic N) is 3. The molecule has 156 valence electrons. The molecular formula is C23H25N3O4. The van der Waals surface area contributed by atoms with Crippen molar-refractivity contribution in [1.29, 1.82) is 0 Å². The fourth-order valence-corrected chi connectivity index (χ4v) is 3.63. The Hall–Kier alpha value is -3.32. The van der Waals surface area contributed by atoms with Gasteiger partial charge in [0.15, 0.2) is 11.5 Å². The van der Waals surface area contributed by atoms with Gasteiger partial charge in [-0.2, -0.15) is 0 Å². The Morgan fingerprint density at radius 3 is 2.67 bits per heavy atom. The van der Waals surface area contributed by atoms with Crippen LogP contribution in [0.2, 0.25) is 0 Å². The second-order valence-corrected chi connectivity index (χ2v) is 7.17. The van der Waals surface area contributed by atoms with Crippen molar-refractivity contribution in [2.45, 2.75) is 6.54 Å². The Balaban J connectivity index is 1.51. The molecular weight excluding hydrogens is 382 g/mol. The van der Waals surface area contributed by atoms with Gasteiger partial charge in [-0.1, -0.05) is 35.5 Å². The minimum atomic E-state index is -0.198. The molecule has 1 fully saturated rings. The summed E-state index contributed by atoms with van der Waals surface area (Å²) in [5.41, 5.74) is 3.24. The second-order valence-electron chi connectivity index (χ2n) is 7.17. The first-order chi connectivity index (χ1) is 14.7. The van der Waals surface area contributed by atoms with Gasteiger partial charge in [-0.15, -0.1) is 0 Å². The summed E-state index contributed by atoms with van der Waals surface area (Å²) in [5, 5.41) is 3.99. The van der Waals surface area contributed by atoms with Gasteiger partial charge in [0, 0.05) is 38.4 Å². The van der Waals surface area contributed by atoms with Crippen LogP contribution in [0.5, 0.6) is 5.75 Å². The lowest BCUT2D eigenvalue weighted by molar-refractivity contribution is 0.0774. The number of rotatable bonds is 6. The van der Waals surface area contributed by atoms with Crippen LogP contribution in [0.3, 0.4) is 0 Å². The number of morpholine rings is 1. The van der Waals surface area contributed by atoms with Crippen LogP contribution in [0.15, 0.2) is 59.1 Å². The third-order valence-corrected chi connectivity index (χ3v) is 5.20. The summed E-state index contributed by atoms with van der Waals surface area (Å²) in [6.07, 6.45) is 0. The van der Waals surface area contributed by atoms with Gasteiger partial charge in [0.25, 0.3) is 5.91 Å². The Morgan fingerprint density at radius 1 is 1.13 bits per heavy atom. The number of amides is 1. The summed E-state index contributed by atoms with van der Waals surface area (Å²) in [7, 11) is 3.37. The zero-order valence-electron chi connectivity index (χ0n) is 17.2. The van der Waals surface area contributed by atoms with E-state index in [1.165, 1.54) is 0 Å². The van der Waals surface area contributed by atoms with Gasteiger partial charge in [-0.05, 0) is 23.8 Å². The van der Waals surface area contributed by atoms with Crippen LogP contribution < -0.4 is 9.64 Å². The predicted octanol–water partition coefficient (Wildman–Crippen LogP) is 3.46. The molecule has 0 atom stereocenters. The molecule has 1 aliphatic heterocycles. The summed E-state index contributed by atoms with van der Waals surface area (Å²) >= 11 is 0. The normalized spacial score (nSPS) is 13.9. The predicted molar refractivity (Wildman–Crippen MR) is 114 cm³/mol. The number of para-hydroxylation sites is 2. The monoisotopic (exact) mass is 407 g/mol. The van der Waals surface area contributed by atoms with Crippen molar-refractivity contribution in [2.75, 3.05) is 45.4 Å². The van der Waals surface area contributed by atoms with Crippen LogP contribution in [-0.4, -0.2) is 56.4 Å². The first-order valence-corrected chi connectivity index (χ1v) is 9.93. The van der Waals surface area contributed by atoms with Crippen molar-refractivity contribution in [3.63, 3.8) is 0 Å². The van der Waals surface area contributed by atoms with Gasteiger partial charge in [0.1, 0.15) is 5.75 Å². The highest BCUT2D eigenvalue weighted by Crippen LogP contribution is 2.30. The number of hydrogen-bond acceptors (Lipinski definition) is 6. The number of anilines is 1. The Morgan fingerprint density at radius 2 is 1.87 bits per heavy atom. The topological polar surface area (TPSA) is 68.0 Å². The van der Waals surface area contributed by atoms with Crippen molar-refractivity contribution < 1.29 is 18.8 Å². The summed E-state index contributed by atoms with van der Waals surface area (Å²) in [6.45, 7) is 3.60. The van der Waals surface area contributed by atoms with Crippen molar-refractivity contribution >= 4 is 11.6 Å². The number of carbonyl (C=O) groups excluding carboxylic acids is 1. The second kappa shape index (κ2) is 9.00. The molecule has 1 amide bonds. The third kappa shape index (κ3) is 4.16. The van der Waals surface area contributed by atoms with E-state index in [9.17, 15) is 4.79 Å². The molecule has 3 aromatic rings. The maximum absolute atomic E-state index is 13.0. The number of hydrogen-bond donors (Lipinski definition) is 0. The molecule has 2 heterocycles. The molecule has 0 unspecified atom stereocenters. The van der Waals surface area contributed by atoms with E-state index in [0.29, 0.717) is 31.3 Å². The molecule has 0 saturated carbocycles. The maximum Gasteiger partial charge on any atom is 0.276 e. The third-order valence-electron chi connectivity index (χ3n) is 5.20. The van der Waals surface area contributed by atoms with Crippen LogP contribution in [0.25, 0.3) is 11.3 Å². The average Bonchev–Trinajstić information content (AvgIpc) is 3.29. The summed E-state index contributed by atoms with van der Waals surface area (Å²) in [4.78, 5) is 16.9. The molecule has 1 saturated heterocycles. The van der Waals surface area contributed by atoms with E-state index in [1.54, 1.807) is 25.1 Å². The van der Waals surface area contributed by atoms with Crippen LogP contribution in [0, 0.1) is 0 Å². The van der Waals surface area contributed by atoms with Crippen molar-refractivity contribution in [1.82, 2.24) is 10.1 Å². The smallest absolute Gasteiger partial charge is 0.276 e. The van der Waals surface area contributed by atoms with Gasteiger partial charge in [-0.25, -0.2) is 0 Å². The molecule has 30 heavy (non-hydrogen) atoms. The highest BCUT2D eigenvalue weighted by Gasteiger charge is 2.21. The molecule has 2 aromatic carbocycles. The summed E-state index contributed by atoms with van der Waals surface area (Å²) in [6, 6.07) is 17.3. The molecule has 0 aliphatic carbocycles. The molecule has 0 N–H and O–H groups in total. The van der Waals surface area contributed by atoms with Crippen LogP contribution in [0.4, 0.5) is 5.69 Å². The first kappa shape index (κ1) is 20.0. The van der Waals surface area contributed by atoms with Gasteiger partial charge in [0.05, 0.1) is 25.9 Å². The first-order valence-electron chi connectivity index (χ1n) is 9.93. The van der Waals surface area contributed by atoms with Crippen LogP contribution in [0.1, 0.15) is 16.1 Å². The molecule has 7 heteroatoms. The van der Waals surface area contributed by atoms with E-state index < -0.39 is 0 Å². The zero-order chi connectivity index (χ0) is 20.9. The number of aromatic nitrogens is 1. The van der Waals surface area contributed by atoms with Gasteiger partial charge < -0.3 is 23.8 Å². The highest BCUT2D eigenvalue weighted by atomic mass is 16.5. The van der Waals surface area contributed by atoms with Crippen LogP contribution in [-0.2, 0) is 11.3 Å². The van der Waals surface area contributed by atoms with E-state index in [-0.39, 0.29) is 11.6 Å². The molecule has 0 radical (unpaired) electrons. The Kier molecular flexibility index (Phi) is 5.99. The van der Waals surface area contributed by atoms with E-state index in [0.717, 1.165) is 29.9 Å². The van der Waals surface area contributed by atoms with E-state index in [2.05, 4.69) is 22.2 Å². The summed E-state index contributed by atoms with van der Waals surface area (Å²) in [5.74, 6) is 0.968. The summed E-state index contributed by atoms with van der Waals surface area (Å²) < 4.78 is 16.3. The maximum atomic E-state index is 13.0. The Bertz CT molecular complexity index is 1010. The number of benzene rings is 2. The van der Waals surface area contributed by atoms with Gasteiger partial charge in [0.2, 0.25) is 0 Å². The molecule has 0 spiro atoms. The van der Waals surface area contributed by atoms with Gasteiger partial charge >= 0.3 is 0 Å². The lowest BCUT2D eigenvalue weighted by Crippen LogP contribution is -2.37. The van der Waals surface area contributed by atoms with E-state index in [4.69, 9.17) is 14.0 Å². The lowest BCUT2D eigenvalue weighted by Gasteiger charge is -2.31. The van der Waals surface area contributed by atoms with E-state index in [1.807, 2.05) is 36.4 Å². The molecule has 4 rings (SSSR count). The lowest BCUT2D eigenvalue weighted by atomic mass is 10.1. The quantitative estimate of drug-likeness (QED) is 0.623. The SMILES string of the molecule is COc1ccccc1-c1cc(C(=O)N(C)Cc2ccccc2N2CCOCC2)no1. The highest BCUT2D eigenvalue weighted by molar-refractivity contribution is 5.93. The Labute approximate surface area is 175 Å². The van der Waals surface area contributed by atoms with Gasteiger partial charge in [-0.3, -0.25) is 4.79 Å². The average molecular weight is 407 g/mol. The number of methoxy groups -OCH3 is 1.